The Kier molecular flexibility index (Phi) is 5.33. The van der Waals surface area contributed by atoms with Crippen LogP contribution in [0.5, 0.6) is 0 Å². The molecule has 112 valence electrons. The molecule has 0 spiro atoms. The van der Waals surface area contributed by atoms with Gasteiger partial charge in [0.25, 0.3) is 0 Å². The smallest absolute Gasteiger partial charge is 0.180 e. The SMILES string of the molecule is CCS(=O)(=O)c1ccccc1NCC1CCC(Cl)CC1. The van der Waals surface area contributed by atoms with Crippen LogP contribution in [0.4, 0.5) is 5.69 Å². The molecule has 2 rings (SSSR count). The summed E-state index contributed by atoms with van der Waals surface area (Å²) in [7, 11) is -3.17. The summed E-state index contributed by atoms with van der Waals surface area (Å²) < 4.78 is 24.1. The van der Waals surface area contributed by atoms with Crippen LogP contribution in [-0.4, -0.2) is 26.1 Å². The predicted molar refractivity (Wildman–Crippen MR) is 84.3 cm³/mol. The quantitative estimate of drug-likeness (QED) is 0.843. The second-order valence-electron chi connectivity index (χ2n) is 5.40. The van der Waals surface area contributed by atoms with Crippen molar-refractivity contribution in [3.8, 4) is 0 Å². The molecule has 0 amide bonds. The summed E-state index contributed by atoms with van der Waals surface area (Å²) in [6.45, 7) is 2.49. The normalized spacial score (nSPS) is 23.5. The highest BCUT2D eigenvalue weighted by Crippen LogP contribution is 2.29. The zero-order valence-electron chi connectivity index (χ0n) is 11.8. The van der Waals surface area contributed by atoms with Gasteiger partial charge in [-0.05, 0) is 43.7 Å². The molecular weight excluding hydrogens is 294 g/mol. The van der Waals surface area contributed by atoms with Crippen molar-refractivity contribution in [1.82, 2.24) is 0 Å². The average molecular weight is 316 g/mol. The van der Waals surface area contributed by atoms with E-state index in [2.05, 4.69) is 5.32 Å². The Balaban J connectivity index is 2.03. The molecule has 20 heavy (non-hydrogen) atoms. The van der Waals surface area contributed by atoms with Crippen LogP contribution in [0.3, 0.4) is 0 Å². The Morgan fingerprint density at radius 3 is 2.50 bits per heavy atom. The minimum absolute atomic E-state index is 0.128. The fourth-order valence-electron chi connectivity index (χ4n) is 2.62. The lowest BCUT2D eigenvalue weighted by Gasteiger charge is -2.25. The van der Waals surface area contributed by atoms with E-state index in [0.29, 0.717) is 16.2 Å². The minimum atomic E-state index is -3.17. The summed E-state index contributed by atoms with van der Waals surface area (Å²) in [6.07, 6.45) is 4.35. The van der Waals surface area contributed by atoms with Crippen molar-refractivity contribution in [2.45, 2.75) is 42.9 Å². The Hall–Kier alpha value is -0.740. The molecule has 0 radical (unpaired) electrons. The molecule has 0 heterocycles. The molecule has 0 bridgehead atoms. The predicted octanol–water partition coefficient (Wildman–Crippen LogP) is 3.69. The highest BCUT2D eigenvalue weighted by Gasteiger charge is 2.20. The average Bonchev–Trinajstić information content (AvgIpc) is 2.47. The fraction of sp³-hybridized carbons (Fsp3) is 0.600. The Morgan fingerprint density at radius 2 is 1.85 bits per heavy atom. The van der Waals surface area contributed by atoms with Gasteiger partial charge in [-0.1, -0.05) is 19.1 Å². The standard InChI is InChI=1S/C15H22ClNO2S/c1-2-20(18,19)15-6-4-3-5-14(15)17-11-12-7-9-13(16)10-8-12/h3-6,12-13,17H,2,7-11H2,1H3. The number of anilines is 1. The van der Waals surface area contributed by atoms with Gasteiger partial charge in [-0.25, -0.2) is 8.42 Å². The third-order valence-electron chi connectivity index (χ3n) is 3.96. The molecule has 1 saturated carbocycles. The molecular formula is C15H22ClNO2S. The molecule has 0 aliphatic heterocycles. The molecule has 3 nitrogen and oxygen atoms in total. The molecule has 1 aliphatic rings. The number of hydrogen-bond donors (Lipinski definition) is 1. The van der Waals surface area contributed by atoms with E-state index >= 15 is 0 Å². The molecule has 1 aromatic rings. The van der Waals surface area contributed by atoms with Crippen LogP contribution >= 0.6 is 11.6 Å². The molecule has 0 unspecified atom stereocenters. The van der Waals surface area contributed by atoms with Crippen molar-refractivity contribution in [2.24, 2.45) is 5.92 Å². The first-order valence-corrected chi connectivity index (χ1v) is 9.31. The first-order chi connectivity index (χ1) is 9.53. The fourth-order valence-corrected chi connectivity index (χ4v) is 3.94. The highest BCUT2D eigenvalue weighted by molar-refractivity contribution is 7.91. The van der Waals surface area contributed by atoms with Crippen LogP contribution in [0.2, 0.25) is 0 Å². The Bertz CT molecular complexity index is 537. The number of rotatable bonds is 5. The van der Waals surface area contributed by atoms with Crippen molar-refractivity contribution < 1.29 is 8.42 Å². The van der Waals surface area contributed by atoms with E-state index in [9.17, 15) is 8.42 Å². The molecule has 0 aromatic heterocycles. The number of benzene rings is 1. The topological polar surface area (TPSA) is 46.2 Å². The number of para-hydroxylation sites is 1. The molecule has 0 saturated heterocycles. The van der Waals surface area contributed by atoms with Crippen LogP contribution in [0.1, 0.15) is 32.6 Å². The van der Waals surface area contributed by atoms with Crippen molar-refractivity contribution in [3.63, 3.8) is 0 Å². The summed E-state index contributed by atoms with van der Waals surface area (Å²) >= 11 is 6.10. The summed E-state index contributed by atoms with van der Waals surface area (Å²) in [4.78, 5) is 0.411. The maximum absolute atomic E-state index is 12.1. The van der Waals surface area contributed by atoms with Crippen molar-refractivity contribution in [3.05, 3.63) is 24.3 Å². The van der Waals surface area contributed by atoms with E-state index in [-0.39, 0.29) is 5.75 Å². The monoisotopic (exact) mass is 315 g/mol. The van der Waals surface area contributed by atoms with Crippen LogP contribution < -0.4 is 5.32 Å². The van der Waals surface area contributed by atoms with Crippen LogP contribution in [-0.2, 0) is 9.84 Å². The van der Waals surface area contributed by atoms with Crippen molar-refractivity contribution in [1.29, 1.82) is 0 Å². The summed E-state index contributed by atoms with van der Waals surface area (Å²) in [6, 6.07) is 7.16. The van der Waals surface area contributed by atoms with Gasteiger partial charge in [0.1, 0.15) is 0 Å². The lowest BCUT2D eigenvalue weighted by atomic mass is 9.89. The summed E-state index contributed by atoms with van der Waals surface area (Å²) in [5, 5.41) is 3.63. The molecule has 1 aliphatic carbocycles. The minimum Gasteiger partial charge on any atom is -0.384 e. The summed E-state index contributed by atoms with van der Waals surface area (Å²) in [5.41, 5.74) is 0.724. The van der Waals surface area contributed by atoms with Gasteiger partial charge in [-0.2, -0.15) is 0 Å². The second-order valence-corrected chi connectivity index (χ2v) is 8.26. The van der Waals surface area contributed by atoms with Gasteiger partial charge >= 0.3 is 0 Å². The van der Waals surface area contributed by atoms with Crippen LogP contribution in [0, 0.1) is 5.92 Å². The maximum atomic E-state index is 12.1. The van der Waals surface area contributed by atoms with Gasteiger partial charge in [-0.15, -0.1) is 11.6 Å². The van der Waals surface area contributed by atoms with Crippen molar-refractivity contribution in [2.75, 3.05) is 17.6 Å². The number of alkyl halides is 1. The molecule has 1 N–H and O–H groups in total. The lowest BCUT2D eigenvalue weighted by Crippen LogP contribution is -2.22. The van der Waals surface area contributed by atoms with Gasteiger partial charge in [-0.3, -0.25) is 0 Å². The van der Waals surface area contributed by atoms with Gasteiger partial charge in [0, 0.05) is 11.9 Å². The van der Waals surface area contributed by atoms with Gasteiger partial charge in [0.05, 0.1) is 16.3 Å². The van der Waals surface area contributed by atoms with E-state index in [0.717, 1.165) is 37.9 Å². The first kappa shape index (κ1) is 15.6. The van der Waals surface area contributed by atoms with Crippen LogP contribution in [0.15, 0.2) is 29.2 Å². The van der Waals surface area contributed by atoms with Crippen LogP contribution in [0.25, 0.3) is 0 Å². The van der Waals surface area contributed by atoms with E-state index in [1.54, 1.807) is 19.1 Å². The van der Waals surface area contributed by atoms with E-state index in [1.165, 1.54) is 0 Å². The Labute approximate surface area is 126 Å². The third kappa shape index (κ3) is 3.89. The summed E-state index contributed by atoms with van der Waals surface area (Å²) in [5.74, 6) is 0.714. The molecule has 5 heteroatoms. The zero-order chi connectivity index (χ0) is 14.6. The van der Waals surface area contributed by atoms with E-state index in [4.69, 9.17) is 11.6 Å². The zero-order valence-corrected chi connectivity index (χ0v) is 13.4. The number of hydrogen-bond acceptors (Lipinski definition) is 3. The Morgan fingerprint density at radius 1 is 1.20 bits per heavy atom. The van der Waals surface area contributed by atoms with Gasteiger partial charge in [0.2, 0.25) is 0 Å². The highest BCUT2D eigenvalue weighted by atomic mass is 35.5. The van der Waals surface area contributed by atoms with Gasteiger partial charge in [0.15, 0.2) is 9.84 Å². The third-order valence-corrected chi connectivity index (χ3v) is 6.18. The molecule has 1 aromatic carbocycles. The maximum Gasteiger partial charge on any atom is 0.180 e. The second kappa shape index (κ2) is 6.81. The first-order valence-electron chi connectivity index (χ1n) is 7.22. The molecule has 1 fully saturated rings. The lowest BCUT2D eigenvalue weighted by molar-refractivity contribution is 0.378. The van der Waals surface area contributed by atoms with Gasteiger partial charge < -0.3 is 5.32 Å². The molecule has 0 atom stereocenters. The number of nitrogens with one attached hydrogen (secondary N) is 1. The number of halogens is 1. The number of sulfone groups is 1. The van der Waals surface area contributed by atoms with E-state index in [1.807, 2.05) is 12.1 Å². The van der Waals surface area contributed by atoms with Crippen molar-refractivity contribution >= 4 is 27.1 Å². The largest absolute Gasteiger partial charge is 0.384 e. The van der Waals surface area contributed by atoms with E-state index < -0.39 is 9.84 Å².